The summed E-state index contributed by atoms with van der Waals surface area (Å²) < 4.78 is 34.1. The Labute approximate surface area is 190 Å². The molecule has 0 unspecified atom stereocenters. The standard InChI is InChI=1S/C22H23N3O7S/c26-20-14-32-19-9-8-15(12-18(19)25(20)13-21(27)28)33(30,31)23-17-7-3-2-6-16(17)22(29)24-10-4-1-5-11-24/h2-3,6-9,12,23H,1,4-5,10-11,13-14H2,(H,27,28). The summed E-state index contributed by atoms with van der Waals surface area (Å²) in [4.78, 5) is 38.8. The van der Waals surface area contributed by atoms with Crippen LogP contribution in [0.4, 0.5) is 11.4 Å². The zero-order valence-corrected chi connectivity index (χ0v) is 18.5. The molecule has 2 N–H and O–H groups in total. The van der Waals surface area contributed by atoms with Crippen LogP contribution in [0.5, 0.6) is 5.75 Å². The summed E-state index contributed by atoms with van der Waals surface area (Å²) in [6, 6.07) is 10.2. The number of amides is 2. The van der Waals surface area contributed by atoms with Gasteiger partial charge >= 0.3 is 5.97 Å². The zero-order valence-electron chi connectivity index (χ0n) is 17.7. The molecule has 1 fully saturated rings. The fourth-order valence-electron chi connectivity index (χ4n) is 3.89. The number of ether oxygens (including phenoxy) is 1. The molecule has 11 heteroatoms. The molecule has 2 aromatic rings. The molecule has 174 valence electrons. The molecular weight excluding hydrogens is 450 g/mol. The van der Waals surface area contributed by atoms with Crippen LogP contribution in [0.2, 0.25) is 0 Å². The molecule has 33 heavy (non-hydrogen) atoms. The highest BCUT2D eigenvalue weighted by Crippen LogP contribution is 2.35. The zero-order chi connectivity index (χ0) is 23.6. The van der Waals surface area contributed by atoms with Crippen molar-refractivity contribution >= 4 is 39.2 Å². The second-order valence-corrected chi connectivity index (χ2v) is 9.48. The second-order valence-electron chi connectivity index (χ2n) is 7.80. The lowest BCUT2D eigenvalue weighted by molar-refractivity contribution is -0.137. The number of para-hydroxylation sites is 1. The Balaban J connectivity index is 1.64. The first-order chi connectivity index (χ1) is 15.8. The maximum absolute atomic E-state index is 13.2. The lowest BCUT2D eigenvalue weighted by Crippen LogP contribution is -2.42. The molecule has 2 amide bonds. The Morgan fingerprint density at radius 1 is 1.06 bits per heavy atom. The molecule has 0 bridgehead atoms. The second kappa shape index (κ2) is 9.10. The fraction of sp³-hybridized carbons (Fsp3) is 0.318. The van der Waals surface area contributed by atoms with Crippen LogP contribution < -0.4 is 14.4 Å². The minimum absolute atomic E-state index is 0.0502. The molecule has 0 aliphatic carbocycles. The van der Waals surface area contributed by atoms with Crippen molar-refractivity contribution in [1.82, 2.24) is 4.90 Å². The predicted octanol–water partition coefficient (Wildman–Crippen LogP) is 1.92. The average molecular weight is 474 g/mol. The number of hydrogen-bond donors (Lipinski definition) is 2. The number of nitrogens with one attached hydrogen (secondary N) is 1. The number of benzene rings is 2. The Kier molecular flexibility index (Phi) is 6.23. The number of piperidine rings is 1. The minimum Gasteiger partial charge on any atom is -0.482 e. The number of likely N-dealkylation sites (tertiary alicyclic amines) is 1. The van der Waals surface area contributed by atoms with Crippen molar-refractivity contribution < 1.29 is 32.6 Å². The van der Waals surface area contributed by atoms with E-state index in [0.717, 1.165) is 24.2 Å². The molecule has 0 radical (unpaired) electrons. The van der Waals surface area contributed by atoms with Crippen LogP contribution in [-0.2, 0) is 19.6 Å². The number of anilines is 2. The normalized spacial score (nSPS) is 16.1. The number of aliphatic carboxylic acids is 1. The third-order valence-corrected chi connectivity index (χ3v) is 6.89. The first-order valence-corrected chi connectivity index (χ1v) is 11.9. The van der Waals surface area contributed by atoms with E-state index in [0.29, 0.717) is 13.1 Å². The van der Waals surface area contributed by atoms with Gasteiger partial charge in [0.05, 0.1) is 21.8 Å². The van der Waals surface area contributed by atoms with Crippen LogP contribution in [0.3, 0.4) is 0 Å². The number of hydrogen-bond acceptors (Lipinski definition) is 6. The Bertz CT molecular complexity index is 1210. The first-order valence-electron chi connectivity index (χ1n) is 10.5. The van der Waals surface area contributed by atoms with Crippen molar-refractivity contribution in [3.05, 3.63) is 48.0 Å². The third kappa shape index (κ3) is 4.77. The third-order valence-electron chi connectivity index (χ3n) is 5.52. The van der Waals surface area contributed by atoms with Gasteiger partial charge in [-0.3, -0.25) is 24.0 Å². The monoisotopic (exact) mass is 473 g/mol. The summed E-state index contributed by atoms with van der Waals surface area (Å²) in [5.74, 6) is -1.88. The van der Waals surface area contributed by atoms with Crippen LogP contribution in [0.1, 0.15) is 29.6 Å². The predicted molar refractivity (Wildman–Crippen MR) is 119 cm³/mol. The summed E-state index contributed by atoms with van der Waals surface area (Å²) in [6.07, 6.45) is 2.87. The number of nitrogens with zero attached hydrogens (tertiary/aromatic N) is 2. The van der Waals surface area contributed by atoms with Gasteiger partial charge in [-0.15, -0.1) is 0 Å². The van der Waals surface area contributed by atoms with Crippen molar-refractivity contribution in [2.75, 3.05) is 35.9 Å². The van der Waals surface area contributed by atoms with Crippen LogP contribution in [0.15, 0.2) is 47.4 Å². The molecular formula is C22H23N3O7S. The van der Waals surface area contributed by atoms with Crippen molar-refractivity contribution in [2.24, 2.45) is 0 Å². The summed E-state index contributed by atoms with van der Waals surface area (Å²) in [5, 5.41) is 9.12. The molecule has 2 aromatic carbocycles. The highest BCUT2D eigenvalue weighted by atomic mass is 32.2. The van der Waals surface area contributed by atoms with E-state index in [1.165, 1.54) is 24.3 Å². The summed E-state index contributed by atoms with van der Waals surface area (Å²) in [5.41, 5.74) is 0.432. The SMILES string of the molecule is O=C(O)CN1C(=O)COc2ccc(S(=O)(=O)Nc3ccccc3C(=O)N3CCCCC3)cc21. The van der Waals surface area contributed by atoms with E-state index < -0.39 is 28.4 Å². The molecule has 2 heterocycles. The van der Waals surface area contributed by atoms with E-state index in [-0.39, 0.29) is 40.1 Å². The van der Waals surface area contributed by atoms with Gasteiger partial charge in [0.1, 0.15) is 12.3 Å². The van der Waals surface area contributed by atoms with Gasteiger partial charge in [0.2, 0.25) is 0 Å². The summed E-state index contributed by atoms with van der Waals surface area (Å²) in [6.45, 7) is 0.284. The average Bonchev–Trinajstić information content (AvgIpc) is 2.80. The first kappa shape index (κ1) is 22.6. The lowest BCUT2D eigenvalue weighted by atomic mass is 10.1. The molecule has 1 saturated heterocycles. The van der Waals surface area contributed by atoms with Gasteiger partial charge in [-0.05, 0) is 49.6 Å². The Morgan fingerprint density at radius 3 is 2.52 bits per heavy atom. The van der Waals surface area contributed by atoms with Crippen molar-refractivity contribution in [1.29, 1.82) is 0 Å². The van der Waals surface area contributed by atoms with Gasteiger partial charge in [0.25, 0.3) is 21.8 Å². The van der Waals surface area contributed by atoms with E-state index in [1.54, 1.807) is 23.1 Å². The van der Waals surface area contributed by atoms with Gasteiger partial charge in [-0.25, -0.2) is 8.42 Å². The number of fused-ring (bicyclic) bond motifs is 1. The van der Waals surface area contributed by atoms with Gasteiger partial charge < -0.3 is 14.7 Å². The molecule has 4 rings (SSSR count). The number of carbonyl (C=O) groups excluding carboxylic acids is 2. The maximum atomic E-state index is 13.2. The van der Waals surface area contributed by atoms with E-state index in [1.807, 2.05) is 0 Å². The summed E-state index contributed by atoms with van der Waals surface area (Å²) in [7, 11) is -4.16. The van der Waals surface area contributed by atoms with Gasteiger partial charge in [0, 0.05) is 13.1 Å². The lowest BCUT2D eigenvalue weighted by Gasteiger charge is -2.28. The Hall–Kier alpha value is -3.60. The van der Waals surface area contributed by atoms with E-state index in [4.69, 9.17) is 9.84 Å². The van der Waals surface area contributed by atoms with E-state index in [9.17, 15) is 22.8 Å². The van der Waals surface area contributed by atoms with Crippen LogP contribution in [0, 0.1) is 0 Å². The number of carbonyl (C=O) groups is 3. The minimum atomic E-state index is -4.16. The topological polar surface area (TPSA) is 133 Å². The van der Waals surface area contributed by atoms with Gasteiger partial charge in [-0.1, -0.05) is 12.1 Å². The van der Waals surface area contributed by atoms with Crippen molar-refractivity contribution in [3.8, 4) is 5.75 Å². The number of carboxylic acid groups (broad SMARTS) is 1. The number of rotatable bonds is 6. The highest BCUT2D eigenvalue weighted by Gasteiger charge is 2.30. The molecule has 0 spiro atoms. The summed E-state index contributed by atoms with van der Waals surface area (Å²) >= 11 is 0. The quantitative estimate of drug-likeness (QED) is 0.655. The molecule has 10 nitrogen and oxygen atoms in total. The molecule has 0 saturated carbocycles. The maximum Gasteiger partial charge on any atom is 0.323 e. The molecule has 2 aliphatic heterocycles. The smallest absolute Gasteiger partial charge is 0.323 e. The highest BCUT2D eigenvalue weighted by molar-refractivity contribution is 7.92. The van der Waals surface area contributed by atoms with Crippen LogP contribution >= 0.6 is 0 Å². The fourth-order valence-corrected chi connectivity index (χ4v) is 4.99. The largest absolute Gasteiger partial charge is 0.482 e. The van der Waals surface area contributed by atoms with Crippen LogP contribution in [-0.4, -0.2) is 62.4 Å². The van der Waals surface area contributed by atoms with E-state index in [2.05, 4.69) is 4.72 Å². The number of sulfonamides is 1. The van der Waals surface area contributed by atoms with E-state index >= 15 is 0 Å². The van der Waals surface area contributed by atoms with Crippen molar-refractivity contribution in [3.63, 3.8) is 0 Å². The van der Waals surface area contributed by atoms with Crippen molar-refractivity contribution in [2.45, 2.75) is 24.2 Å². The van der Waals surface area contributed by atoms with Gasteiger partial charge in [-0.2, -0.15) is 0 Å². The van der Waals surface area contributed by atoms with Crippen LogP contribution in [0.25, 0.3) is 0 Å². The van der Waals surface area contributed by atoms with Gasteiger partial charge in [0.15, 0.2) is 6.61 Å². The Morgan fingerprint density at radius 2 is 1.79 bits per heavy atom. The molecule has 2 aliphatic rings. The number of carboxylic acids is 1. The molecule has 0 atom stereocenters. The molecule has 0 aromatic heterocycles.